The van der Waals surface area contributed by atoms with Gasteiger partial charge in [-0.3, -0.25) is 9.13 Å². The van der Waals surface area contributed by atoms with Crippen molar-refractivity contribution in [2.75, 3.05) is 26.8 Å². The molecule has 0 saturated carbocycles. The Kier molecular flexibility index (Phi) is 7.16. The molecule has 160 valence electrons. The molecule has 1 heterocycles. The number of aromatic hydroxyl groups is 1. The fourth-order valence-electron chi connectivity index (χ4n) is 3.03. The van der Waals surface area contributed by atoms with Crippen LogP contribution in [0.3, 0.4) is 0 Å². The van der Waals surface area contributed by atoms with E-state index in [0.29, 0.717) is 24.5 Å². The average molecular weight is 413 g/mol. The number of hydrogen-bond acceptors (Lipinski definition) is 6. The summed E-state index contributed by atoms with van der Waals surface area (Å²) in [5, 5.41) is 23.3. The van der Waals surface area contributed by atoms with E-state index in [1.165, 1.54) is 15.3 Å². The van der Waals surface area contributed by atoms with Gasteiger partial charge in [-0.05, 0) is 42.8 Å². The minimum Gasteiger partial charge on any atom is -0.497 e. The van der Waals surface area contributed by atoms with E-state index < -0.39 is 6.10 Å². The molecule has 0 saturated heterocycles. The minimum absolute atomic E-state index is 0.124. The highest BCUT2D eigenvalue weighted by Crippen LogP contribution is 2.17. The second kappa shape index (κ2) is 10.00. The van der Waals surface area contributed by atoms with Crippen LogP contribution in [0.5, 0.6) is 17.4 Å². The van der Waals surface area contributed by atoms with Gasteiger partial charge in [-0.15, -0.1) is 0 Å². The standard InChI is InChI=1S/C22H27N3O5/c1-16-5-3-4-6-20(16)30-15-18(26)13-23-11-12-24-21(27)14-25(22(24)28)17-7-9-19(29-2)10-8-17/h3-10,14,18,23,26-27H,11-13,15H2,1-2H3. The van der Waals surface area contributed by atoms with Crippen molar-refractivity contribution in [1.82, 2.24) is 14.5 Å². The van der Waals surface area contributed by atoms with E-state index in [-0.39, 0.29) is 24.7 Å². The Bertz CT molecular complexity index is 1010. The predicted molar refractivity (Wildman–Crippen MR) is 114 cm³/mol. The van der Waals surface area contributed by atoms with Crippen LogP contribution in [0.4, 0.5) is 0 Å². The van der Waals surface area contributed by atoms with E-state index in [1.807, 2.05) is 31.2 Å². The maximum Gasteiger partial charge on any atom is 0.335 e. The quantitative estimate of drug-likeness (QED) is 0.438. The maximum atomic E-state index is 12.6. The van der Waals surface area contributed by atoms with Gasteiger partial charge in [-0.1, -0.05) is 18.2 Å². The van der Waals surface area contributed by atoms with E-state index in [2.05, 4.69) is 5.32 Å². The summed E-state index contributed by atoms with van der Waals surface area (Å²) in [5.41, 5.74) is 1.29. The van der Waals surface area contributed by atoms with E-state index in [1.54, 1.807) is 31.4 Å². The molecule has 3 aromatic rings. The van der Waals surface area contributed by atoms with E-state index in [4.69, 9.17) is 9.47 Å². The summed E-state index contributed by atoms with van der Waals surface area (Å²) >= 11 is 0. The zero-order chi connectivity index (χ0) is 21.5. The monoisotopic (exact) mass is 413 g/mol. The molecule has 0 radical (unpaired) electrons. The van der Waals surface area contributed by atoms with Gasteiger partial charge >= 0.3 is 5.69 Å². The molecular weight excluding hydrogens is 386 g/mol. The highest BCUT2D eigenvalue weighted by Gasteiger charge is 2.12. The Morgan fingerprint density at radius 2 is 1.87 bits per heavy atom. The number of aliphatic hydroxyl groups is 1. The molecule has 0 spiro atoms. The molecule has 0 bridgehead atoms. The molecule has 3 rings (SSSR count). The molecule has 3 N–H and O–H groups in total. The van der Waals surface area contributed by atoms with Gasteiger partial charge < -0.3 is 25.0 Å². The SMILES string of the molecule is COc1ccc(-n2cc(O)n(CCNCC(O)COc3ccccc3C)c2=O)cc1. The summed E-state index contributed by atoms with van der Waals surface area (Å²) in [6.45, 7) is 3.08. The van der Waals surface area contributed by atoms with Gasteiger partial charge in [0.1, 0.15) is 24.2 Å². The van der Waals surface area contributed by atoms with Crippen LogP contribution in [-0.4, -0.2) is 52.3 Å². The Balaban J connectivity index is 1.49. The number of methoxy groups -OCH3 is 1. The average Bonchev–Trinajstić information content (AvgIpc) is 3.04. The molecule has 0 amide bonds. The van der Waals surface area contributed by atoms with Crippen molar-refractivity contribution in [3.8, 4) is 23.1 Å². The molecule has 0 aliphatic carbocycles. The molecule has 2 aromatic carbocycles. The Morgan fingerprint density at radius 1 is 1.13 bits per heavy atom. The Labute approximate surface area is 174 Å². The number of aryl methyl sites for hydroxylation is 1. The number of ether oxygens (including phenoxy) is 2. The number of para-hydroxylation sites is 1. The largest absolute Gasteiger partial charge is 0.497 e. The number of nitrogens with zero attached hydrogens (tertiary/aromatic N) is 2. The first-order chi connectivity index (χ1) is 14.5. The molecule has 30 heavy (non-hydrogen) atoms. The lowest BCUT2D eigenvalue weighted by molar-refractivity contribution is 0.106. The van der Waals surface area contributed by atoms with E-state index >= 15 is 0 Å². The molecule has 8 nitrogen and oxygen atoms in total. The van der Waals surface area contributed by atoms with Crippen molar-refractivity contribution in [2.45, 2.75) is 19.6 Å². The molecule has 1 aromatic heterocycles. The van der Waals surface area contributed by atoms with Gasteiger partial charge in [-0.25, -0.2) is 4.79 Å². The van der Waals surface area contributed by atoms with Gasteiger partial charge in [0.2, 0.25) is 5.88 Å². The molecular formula is C22H27N3O5. The van der Waals surface area contributed by atoms with E-state index in [9.17, 15) is 15.0 Å². The first-order valence-electron chi connectivity index (χ1n) is 9.72. The third-order valence-corrected chi connectivity index (χ3v) is 4.73. The third-order valence-electron chi connectivity index (χ3n) is 4.73. The summed E-state index contributed by atoms with van der Waals surface area (Å²) < 4.78 is 13.4. The number of rotatable bonds is 10. The normalized spacial score (nSPS) is 12.0. The van der Waals surface area contributed by atoms with Crippen LogP contribution < -0.4 is 20.5 Å². The predicted octanol–water partition coefficient (Wildman–Crippen LogP) is 1.69. The summed E-state index contributed by atoms with van der Waals surface area (Å²) in [4.78, 5) is 12.6. The second-order valence-electron chi connectivity index (χ2n) is 6.92. The first kappa shape index (κ1) is 21.5. The van der Waals surface area contributed by atoms with Crippen molar-refractivity contribution < 1.29 is 19.7 Å². The number of benzene rings is 2. The number of aromatic nitrogens is 2. The summed E-state index contributed by atoms with van der Waals surface area (Å²) in [6.07, 6.45) is 0.688. The topological polar surface area (TPSA) is 97.9 Å². The van der Waals surface area contributed by atoms with E-state index in [0.717, 1.165) is 11.3 Å². The van der Waals surface area contributed by atoms with Crippen molar-refractivity contribution in [1.29, 1.82) is 0 Å². The number of imidazole rings is 1. The lowest BCUT2D eigenvalue weighted by Gasteiger charge is -2.14. The molecule has 0 fully saturated rings. The van der Waals surface area contributed by atoms with Crippen LogP contribution in [-0.2, 0) is 6.54 Å². The van der Waals surface area contributed by atoms with Gasteiger partial charge in [0.05, 0.1) is 19.0 Å². The zero-order valence-corrected chi connectivity index (χ0v) is 17.1. The van der Waals surface area contributed by atoms with Crippen LogP contribution >= 0.6 is 0 Å². The summed E-state index contributed by atoms with van der Waals surface area (Å²) in [7, 11) is 1.57. The number of aliphatic hydroxyl groups excluding tert-OH is 1. The van der Waals surface area contributed by atoms with Gasteiger partial charge in [0, 0.05) is 19.6 Å². The lowest BCUT2D eigenvalue weighted by Crippen LogP contribution is -2.34. The smallest absolute Gasteiger partial charge is 0.335 e. The fourth-order valence-corrected chi connectivity index (χ4v) is 3.03. The lowest BCUT2D eigenvalue weighted by atomic mass is 10.2. The Morgan fingerprint density at radius 3 is 2.57 bits per heavy atom. The van der Waals surface area contributed by atoms with Crippen LogP contribution in [0.1, 0.15) is 5.56 Å². The molecule has 1 atom stereocenters. The number of nitrogens with one attached hydrogen (secondary N) is 1. The fraction of sp³-hybridized carbons (Fsp3) is 0.318. The van der Waals surface area contributed by atoms with Crippen LogP contribution in [0.25, 0.3) is 5.69 Å². The van der Waals surface area contributed by atoms with Crippen molar-refractivity contribution in [3.05, 3.63) is 70.8 Å². The first-order valence-corrected chi connectivity index (χ1v) is 9.72. The van der Waals surface area contributed by atoms with Crippen LogP contribution in [0, 0.1) is 6.92 Å². The summed E-state index contributed by atoms with van der Waals surface area (Å²) in [6, 6.07) is 14.6. The third kappa shape index (κ3) is 5.22. The number of hydrogen-bond donors (Lipinski definition) is 3. The van der Waals surface area contributed by atoms with Gasteiger partial charge in [-0.2, -0.15) is 0 Å². The van der Waals surface area contributed by atoms with Crippen LogP contribution in [0.2, 0.25) is 0 Å². The van der Waals surface area contributed by atoms with Crippen LogP contribution in [0.15, 0.2) is 59.5 Å². The molecule has 1 unspecified atom stereocenters. The van der Waals surface area contributed by atoms with Crippen molar-refractivity contribution >= 4 is 0 Å². The Hall–Kier alpha value is -3.23. The molecule has 0 aliphatic rings. The second-order valence-corrected chi connectivity index (χ2v) is 6.92. The minimum atomic E-state index is -0.696. The van der Waals surface area contributed by atoms with Crippen molar-refractivity contribution in [3.63, 3.8) is 0 Å². The maximum absolute atomic E-state index is 12.6. The van der Waals surface area contributed by atoms with Crippen molar-refractivity contribution in [2.24, 2.45) is 0 Å². The summed E-state index contributed by atoms with van der Waals surface area (Å²) in [5.74, 6) is 1.30. The van der Waals surface area contributed by atoms with Gasteiger partial charge in [0.25, 0.3) is 0 Å². The molecule has 0 aliphatic heterocycles. The zero-order valence-electron chi connectivity index (χ0n) is 17.1. The van der Waals surface area contributed by atoms with Gasteiger partial charge in [0.15, 0.2) is 0 Å². The highest BCUT2D eigenvalue weighted by atomic mass is 16.5. The highest BCUT2D eigenvalue weighted by molar-refractivity contribution is 5.38. The molecule has 8 heteroatoms.